The van der Waals surface area contributed by atoms with Crippen LogP contribution in [-0.4, -0.2) is 50.1 Å². The average molecular weight is 466 g/mol. The smallest absolute Gasteiger partial charge is 0.191 e. The Hall–Kier alpha value is -0.960. The fourth-order valence-corrected chi connectivity index (χ4v) is 3.08. The van der Waals surface area contributed by atoms with Gasteiger partial charge in [0.15, 0.2) is 5.96 Å². The number of benzene rings is 1. The third kappa shape index (κ3) is 7.05. The molecule has 2 N–H and O–H groups in total. The monoisotopic (exact) mass is 466 g/mol. The normalized spacial score (nSPS) is 16.4. The molecule has 2 rings (SSSR count). The predicted octanol–water partition coefficient (Wildman–Crippen LogP) is 3.16. The fourth-order valence-electron chi connectivity index (χ4n) is 3.08. The molecule has 1 fully saturated rings. The average Bonchev–Trinajstić information content (AvgIpc) is 2.58. The van der Waals surface area contributed by atoms with Crippen molar-refractivity contribution in [2.75, 3.05) is 33.2 Å². The summed E-state index contributed by atoms with van der Waals surface area (Å²) in [6.45, 7) is 6.00. The Morgan fingerprint density at radius 1 is 1.24 bits per heavy atom. The molecule has 1 saturated heterocycles. The molecule has 1 heterocycles. The fraction of sp³-hybridized carbons (Fsp3) is 0.611. The summed E-state index contributed by atoms with van der Waals surface area (Å²) in [5, 5.41) is 6.56. The molecule has 0 unspecified atom stereocenters. The van der Waals surface area contributed by atoms with Crippen LogP contribution in [0.4, 0.5) is 8.78 Å². The van der Waals surface area contributed by atoms with Crippen LogP contribution in [0, 0.1) is 11.6 Å². The first kappa shape index (κ1) is 22.1. The van der Waals surface area contributed by atoms with Crippen LogP contribution >= 0.6 is 24.0 Å². The highest BCUT2D eigenvalue weighted by Crippen LogP contribution is 2.12. The van der Waals surface area contributed by atoms with Crippen molar-refractivity contribution in [1.29, 1.82) is 0 Å². The number of hydrogen-bond donors (Lipinski definition) is 2. The van der Waals surface area contributed by atoms with Crippen molar-refractivity contribution < 1.29 is 8.78 Å². The van der Waals surface area contributed by atoms with E-state index in [1.165, 1.54) is 24.6 Å². The Morgan fingerprint density at radius 2 is 1.88 bits per heavy atom. The van der Waals surface area contributed by atoms with Crippen molar-refractivity contribution >= 4 is 29.9 Å². The number of piperidine rings is 1. The quantitative estimate of drug-likeness (QED) is 0.385. The van der Waals surface area contributed by atoms with Crippen molar-refractivity contribution in [3.8, 4) is 0 Å². The van der Waals surface area contributed by atoms with Crippen molar-refractivity contribution in [2.24, 2.45) is 4.99 Å². The minimum absolute atomic E-state index is 0. The molecule has 0 radical (unpaired) electrons. The highest BCUT2D eigenvalue weighted by molar-refractivity contribution is 14.0. The minimum atomic E-state index is -0.497. The van der Waals surface area contributed by atoms with E-state index >= 15 is 0 Å². The van der Waals surface area contributed by atoms with Crippen molar-refractivity contribution in [3.05, 3.63) is 35.4 Å². The van der Waals surface area contributed by atoms with Gasteiger partial charge in [-0.2, -0.15) is 0 Å². The lowest BCUT2D eigenvalue weighted by Crippen LogP contribution is -2.49. The highest BCUT2D eigenvalue weighted by atomic mass is 127. The summed E-state index contributed by atoms with van der Waals surface area (Å²) in [6.07, 6.45) is 3.65. The summed E-state index contributed by atoms with van der Waals surface area (Å²) < 4.78 is 27.2. The van der Waals surface area contributed by atoms with Gasteiger partial charge < -0.3 is 15.5 Å². The van der Waals surface area contributed by atoms with Gasteiger partial charge in [-0.1, -0.05) is 13.0 Å². The van der Waals surface area contributed by atoms with Crippen LogP contribution in [0.3, 0.4) is 0 Å². The Labute approximate surface area is 166 Å². The van der Waals surface area contributed by atoms with Crippen LogP contribution in [0.5, 0.6) is 0 Å². The van der Waals surface area contributed by atoms with Gasteiger partial charge in [-0.25, -0.2) is 8.78 Å². The molecule has 7 heteroatoms. The van der Waals surface area contributed by atoms with Gasteiger partial charge in [0, 0.05) is 38.3 Å². The van der Waals surface area contributed by atoms with Gasteiger partial charge in [0.1, 0.15) is 11.6 Å². The molecule has 0 bridgehead atoms. The molecule has 0 saturated carbocycles. The van der Waals surface area contributed by atoms with Gasteiger partial charge >= 0.3 is 0 Å². The third-order valence-electron chi connectivity index (χ3n) is 4.42. The van der Waals surface area contributed by atoms with E-state index in [9.17, 15) is 8.78 Å². The molecule has 1 aromatic carbocycles. The summed E-state index contributed by atoms with van der Waals surface area (Å²) >= 11 is 0. The zero-order chi connectivity index (χ0) is 17.4. The SMILES string of the molecule is CCCN1CCC(NC(=NC)NCCc2c(F)cccc2F)CC1.I. The second kappa shape index (κ2) is 11.6. The molecular weight excluding hydrogens is 437 g/mol. The maximum atomic E-state index is 13.6. The highest BCUT2D eigenvalue weighted by Gasteiger charge is 2.19. The standard InChI is InChI=1S/C18H28F2N4.HI/c1-3-11-24-12-8-14(9-13-24)23-18(21-2)22-10-7-15-16(19)5-4-6-17(15)20;/h4-6,14H,3,7-13H2,1-2H3,(H2,21,22,23);1H. The van der Waals surface area contributed by atoms with Crippen molar-refractivity contribution in [1.82, 2.24) is 15.5 Å². The Balaban J connectivity index is 0.00000312. The van der Waals surface area contributed by atoms with Crippen LogP contribution in [0.1, 0.15) is 31.7 Å². The number of halogens is 3. The molecule has 1 aliphatic heterocycles. The molecule has 0 spiro atoms. The molecule has 142 valence electrons. The molecular formula is C18H29F2IN4. The van der Waals surface area contributed by atoms with E-state index in [1.807, 2.05) is 0 Å². The van der Waals surface area contributed by atoms with E-state index in [4.69, 9.17) is 0 Å². The molecule has 0 aliphatic carbocycles. The van der Waals surface area contributed by atoms with Gasteiger partial charge in [-0.05, 0) is 44.4 Å². The van der Waals surface area contributed by atoms with E-state index in [0.717, 1.165) is 32.5 Å². The Kier molecular flexibility index (Phi) is 10.3. The van der Waals surface area contributed by atoms with Crippen LogP contribution in [0.15, 0.2) is 23.2 Å². The van der Waals surface area contributed by atoms with Crippen LogP contribution in [0.2, 0.25) is 0 Å². The van der Waals surface area contributed by atoms with E-state index in [-0.39, 0.29) is 36.0 Å². The summed E-state index contributed by atoms with van der Waals surface area (Å²) in [4.78, 5) is 6.69. The number of aliphatic imine (C=N–C) groups is 1. The summed E-state index contributed by atoms with van der Waals surface area (Å²) in [5.74, 6) is -0.299. The largest absolute Gasteiger partial charge is 0.356 e. The molecule has 0 amide bonds. The molecule has 0 atom stereocenters. The molecule has 1 aliphatic rings. The van der Waals surface area contributed by atoms with Gasteiger partial charge in [0.05, 0.1) is 0 Å². The molecule has 4 nitrogen and oxygen atoms in total. The number of likely N-dealkylation sites (tertiary alicyclic amines) is 1. The number of guanidine groups is 1. The number of rotatable bonds is 6. The summed E-state index contributed by atoms with van der Waals surface area (Å²) in [5.41, 5.74) is 0.119. The number of nitrogens with zero attached hydrogens (tertiary/aromatic N) is 2. The predicted molar refractivity (Wildman–Crippen MR) is 110 cm³/mol. The lowest BCUT2D eigenvalue weighted by atomic mass is 10.1. The minimum Gasteiger partial charge on any atom is -0.356 e. The van der Waals surface area contributed by atoms with E-state index in [2.05, 4.69) is 27.4 Å². The molecule has 25 heavy (non-hydrogen) atoms. The van der Waals surface area contributed by atoms with Crippen LogP contribution < -0.4 is 10.6 Å². The zero-order valence-electron chi connectivity index (χ0n) is 15.0. The topological polar surface area (TPSA) is 39.7 Å². The summed E-state index contributed by atoms with van der Waals surface area (Å²) in [7, 11) is 1.71. The van der Waals surface area contributed by atoms with Crippen molar-refractivity contribution in [3.63, 3.8) is 0 Å². The third-order valence-corrected chi connectivity index (χ3v) is 4.42. The number of nitrogens with one attached hydrogen (secondary N) is 2. The zero-order valence-corrected chi connectivity index (χ0v) is 17.4. The maximum absolute atomic E-state index is 13.6. The van der Waals surface area contributed by atoms with Crippen LogP contribution in [0.25, 0.3) is 0 Å². The molecule has 0 aromatic heterocycles. The van der Waals surface area contributed by atoms with Gasteiger partial charge in [0.25, 0.3) is 0 Å². The Morgan fingerprint density at radius 3 is 2.44 bits per heavy atom. The first-order chi connectivity index (χ1) is 11.6. The molecule has 1 aromatic rings. The van der Waals surface area contributed by atoms with Gasteiger partial charge in [-0.15, -0.1) is 24.0 Å². The van der Waals surface area contributed by atoms with E-state index in [1.54, 1.807) is 7.05 Å². The van der Waals surface area contributed by atoms with Crippen molar-refractivity contribution in [2.45, 2.75) is 38.6 Å². The van der Waals surface area contributed by atoms with Crippen LogP contribution in [-0.2, 0) is 6.42 Å². The second-order valence-corrected chi connectivity index (χ2v) is 6.21. The maximum Gasteiger partial charge on any atom is 0.191 e. The first-order valence-electron chi connectivity index (χ1n) is 8.76. The van der Waals surface area contributed by atoms with Gasteiger partial charge in [0.2, 0.25) is 0 Å². The lowest BCUT2D eigenvalue weighted by molar-refractivity contribution is 0.206. The summed E-state index contributed by atoms with van der Waals surface area (Å²) in [6, 6.07) is 4.35. The second-order valence-electron chi connectivity index (χ2n) is 6.21. The number of hydrogen-bond acceptors (Lipinski definition) is 2. The van der Waals surface area contributed by atoms with E-state index < -0.39 is 11.6 Å². The lowest BCUT2D eigenvalue weighted by Gasteiger charge is -2.32. The Bertz CT molecular complexity index is 526. The van der Waals surface area contributed by atoms with E-state index in [0.29, 0.717) is 18.5 Å². The van der Waals surface area contributed by atoms with Gasteiger partial charge in [-0.3, -0.25) is 4.99 Å². The first-order valence-corrected chi connectivity index (χ1v) is 8.76.